The summed E-state index contributed by atoms with van der Waals surface area (Å²) in [7, 11) is 0. The van der Waals surface area contributed by atoms with Crippen molar-refractivity contribution in [3.05, 3.63) is 76.5 Å². The van der Waals surface area contributed by atoms with Gasteiger partial charge in [-0.1, -0.05) is 57.2 Å². The van der Waals surface area contributed by atoms with Crippen LogP contribution in [0.2, 0.25) is 0 Å². The van der Waals surface area contributed by atoms with E-state index >= 15 is 0 Å². The number of rotatable bonds is 12. The number of guanidine groups is 1. The first kappa shape index (κ1) is 36.8. The minimum absolute atomic E-state index is 0.115. The summed E-state index contributed by atoms with van der Waals surface area (Å²) in [4.78, 5) is 35.4. The Hall–Kier alpha value is -4.42. The molecule has 0 fully saturated rings. The van der Waals surface area contributed by atoms with Crippen LogP contribution in [0, 0.1) is 0 Å². The van der Waals surface area contributed by atoms with E-state index in [4.69, 9.17) is 21.9 Å². The lowest BCUT2D eigenvalue weighted by molar-refractivity contribution is 0.243. The Balaban J connectivity index is 0.000000330. The van der Waals surface area contributed by atoms with Crippen molar-refractivity contribution in [3.63, 3.8) is 0 Å². The van der Waals surface area contributed by atoms with Crippen molar-refractivity contribution in [1.82, 2.24) is 20.6 Å². The summed E-state index contributed by atoms with van der Waals surface area (Å²) in [6, 6.07) is 15.0. The summed E-state index contributed by atoms with van der Waals surface area (Å²) in [5.74, 6) is 1.47. The average molecular weight is 622 g/mol. The Morgan fingerprint density at radius 3 is 2.29 bits per heavy atom. The first-order chi connectivity index (χ1) is 21.2. The second kappa shape index (κ2) is 17.8. The summed E-state index contributed by atoms with van der Waals surface area (Å²) >= 11 is 0. The predicted molar refractivity (Wildman–Crippen MR) is 184 cm³/mol. The maximum atomic E-state index is 12.4. The Labute approximate surface area is 266 Å². The third-order valence-electron chi connectivity index (χ3n) is 6.14. The molecule has 0 saturated carbocycles. The number of benzene rings is 2. The minimum atomic E-state index is -0.278. The first-order valence-electron chi connectivity index (χ1n) is 15.2. The van der Waals surface area contributed by atoms with E-state index < -0.39 is 0 Å². The van der Waals surface area contributed by atoms with Gasteiger partial charge < -0.3 is 42.9 Å². The van der Waals surface area contributed by atoms with Gasteiger partial charge in [0.1, 0.15) is 11.6 Å². The van der Waals surface area contributed by atoms with Crippen molar-refractivity contribution in [1.29, 1.82) is 0 Å². The molecule has 0 bridgehead atoms. The third kappa shape index (κ3) is 14.3. The lowest BCUT2D eigenvalue weighted by Crippen LogP contribution is -2.43. The number of nitrogens with two attached hydrogens (primary N) is 3. The standard InChI is InChI=1S/C19H28N6O.C14H23N3O2/c1-19(2,3)17-24-12-15(16(26)25-17)14-7-5-13(6-8-14)11-22-9-4-10-23-18(20)21;1-14(2,3)17-13(18)16-11-7-4-5-8-12(11)19-10-6-9-15/h5-8,12,22H,4,9-11H2,1-3H3,(H4,20,21,23)(H,24,25,26);4-5,7-8H,6,9-10,15H2,1-3H3,(H2,16,17,18). The maximum Gasteiger partial charge on any atom is 0.319 e. The molecule has 45 heavy (non-hydrogen) atoms. The zero-order valence-corrected chi connectivity index (χ0v) is 27.5. The van der Waals surface area contributed by atoms with Crippen molar-refractivity contribution < 1.29 is 9.53 Å². The number of para-hydroxylation sites is 2. The number of aromatic amines is 1. The smallest absolute Gasteiger partial charge is 0.319 e. The van der Waals surface area contributed by atoms with Crippen LogP contribution in [0.1, 0.15) is 65.8 Å². The molecule has 0 atom stereocenters. The summed E-state index contributed by atoms with van der Waals surface area (Å²) in [5.41, 5.74) is 18.6. The van der Waals surface area contributed by atoms with Gasteiger partial charge in [-0.15, -0.1) is 0 Å². The second-order valence-corrected chi connectivity index (χ2v) is 12.6. The molecule has 0 aliphatic rings. The molecule has 0 aliphatic carbocycles. The molecule has 246 valence electrons. The molecule has 1 heterocycles. The molecule has 12 nitrogen and oxygen atoms in total. The summed E-state index contributed by atoms with van der Waals surface area (Å²) in [6.07, 6.45) is 3.30. The van der Waals surface area contributed by atoms with Gasteiger partial charge >= 0.3 is 6.03 Å². The molecule has 3 rings (SSSR count). The SMILES string of the molecule is CC(C)(C)NC(=O)Nc1ccccc1OCCCN.CC(C)(C)c1ncc(-c2ccc(CNCCCN=C(N)N)cc2)c(=O)[nH]1. The topological polar surface area (TPSA) is 199 Å². The van der Waals surface area contributed by atoms with E-state index in [-0.39, 0.29) is 28.5 Å². The minimum Gasteiger partial charge on any atom is -0.491 e. The van der Waals surface area contributed by atoms with Gasteiger partial charge in [0, 0.05) is 30.2 Å². The number of nitrogens with zero attached hydrogens (tertiary/aromatic N) is 2. The third-order valence-corrected chi connectivity index (χ3v) is 6.14. The lowest BCUT2D eigenvalue weighted by atomic mass is 9.95. The van der Waals surface area contributed by atoms with Crippen LogP contribution >= 0.6 is 0 Å². The molecule has 2 amide bonds. The molecule has 0 aliphatic heterocycles. The highest BCUT2D eigenvalue weighted by molar-refractivity contribution is 5.91. The molecule has 0 saturated heterocycles. The van der Waals surface area contributed by atoms with Gasteiger partial charge in [0.2, 0.25) is 0 Å². The van der Waals surface area contributed by atoms with E-state index in [1.54, 1.807) is 12.3 Å². The average Bonchev–Trinajstić information content (AvgIpc) is 2.95. The molecule has 10 N–H and O–H groups in total. The number of carbonyl (C=O) groups is 1. The quantitative estimate of drug-likeness (QED) is 0.0899. The number of anilines is 1. The fourth-order valence-electron chi connectivity index (χ4n) is 3.88. The molecule has 1 aromatic heterocycles. The van der Waals surface area contributed by atoms with Gasteiger partial charge in [-0.2, -0.15) is 0 Å². The van der Waals surface area contributed by atoms with Crippen molar-refractivity contribution in [2.24, 2.45) is 22.2 Å². The van der Waals surface area contributed by atoms with Crippen molar-refractivity contribution in [3.8, 4) is 16.9 Å². The highest BCUT2D eigenvalue weighted by Crippen LogP contribution is 2.24. The van der Waals surface area contributed by atoms with Crippen molar-refractivity contribution in [2.45, 2.75) is 71.9 Å². The van der Waals surface area contributed by atoms with Crippen LogP contribution in [0.4, 0.5) is 10.5 Å². The molecule has 0 unspecified atom stereocenters. The van der Waals surface area contributed by atoms with E-state index in [1.807, 2.05) is 84.0 Å². The number of carbonyl (C=O) groups excluding carboxylic acids is 1. The molecule has 12 heteroatoms. The Kier molecular flexibility index (Phi) is 14.5. The first-order valence-corrected chi connectivity index (χ1v) is 15.2. The lowest BCUT2D eigenvalue weighted by Gasteiger charge is -2.21. The van der Waals surface area contributed by atoms with Crippen LogP contribution in [0.25, 0.3) is 11.1 Å². The number of amides is 2. The van der Waals surface area contributed by atoms with Gasteiger partial charge in [-0.25, -0.2) is 9.78 Å². The van der Waals surface area contributed by atoms with Gasteiger partial charge in [-0.05, 0) is 70.0 Å². The highest BCUT2D eigenvalue weighted by Gasteiger charge is 2.18. The highest BCUT2D eigenvalue weighted by atomic mass is 16.5. The fourth-order valence-corrected chi connectivity index (χ4v) is 3.88. The number of hydrogen-bond donors (Lipinski definition) is 7. The normalized spacial score (nSPS) is 11.2. The zero-order valence-electron chi connectivity index (χ0n) is 27.5. The number of hydrogen-bond acceptors (Lipinski definition) is 7. The Morgan fingerprint density at radius 2 is 1.69 bits per heavy atom. The number of H-pyrrole nitrogens is 1. The van der Waals surface area contributed by atoms with Gasteiger partial charge in [0.25, 0.3) is 5.56 Å². The molecular formula is C33H51N9O3. The summed E-state index contributed by atoms with van der Waals surface area (Å²) in [5, 5.41) is 8.96. The molecule has 0 spiro atoms. The van der Waals surface area contributed by atoms with E-state index in [9.17, 15) is 9.59 Å². The number of aromatic nitrogens is 2. The van der Waals surface area contributed by atoms with Crippen LogP contribution < -0.4 is 43.4 Å². The van der Waals surface area contributed by atoms with E-state index in [1.165, 1.54) is 0 Å². The largest absolute Gasteiger partial charge is 0.491 e. The number of nitrogens with one attached hydrogen (secondary N) is 4. The van der Waals surface area contributed by atoms with E-state index in [2.05, 4.69) is 30.9 Å². The number of aliphatic imine (C=N–C) groups is 1. The number of urea groups is 1. The summed E-state index contributed by atoms with van der Waals surface area (Å²) in [6.45, 7) is 15.2. The van der Waals surface area contributed by atoms with Gasteiger partial charge in [0.05, 0.1) is 17.9 Å². The van der Waals surface area contributed by atoms with Crippen LogP contribution in [-0.2, 0) is 12.0 Å². The molecular weight excluding hydrogens is 570 g/mol. The zero-order chi connectivity index (χ0) is 33.5. The molecule has 0 radical (unpaired) electrons. The van der Waals surface area contributed by atoms with Crippen LogP contribution in [-0.4, -0.2) is 53.7 Å². The summed E-state index contributed by atoms with van der Waals surface area (Å²) < 4.78 is 5.59. The fraction of sp³-hybridized carbons (Fsp3) is 0.455. The van der Waals surface area contributed by atoms with Crippen LogP contribution in [0.15, 0.2) is 64.5 Å². The monoisotopic (exact) mass is 621 g/mol. The van der Waals surface area contributed by atoms with E-state index in [0.717, 1.165) is 37.1 Å². The maximum absolute atomic E-state index is 12.4. The number of ether oxygens (including phenoxy) is 1. The Morgan fingerprint density at radius 1 is 1.00 bits per heavy atom. The second-order valence-electron chi connectivity index (χ2n) is 12.6. The Bertz CT molecular complexity index is 1420. The van der Waals surface area contributed by atoms with Crippen LogP contribution in [0.3, 0.4) is 0 Å². The molecule has 3 aromatic rings. The molecule has 2 aromatic carbocycles. The predicted octanol–water partition coefficient (Wildman–Crippen LogP) is 3.82. The van der Waals surface area contributed by atoms with Gasteiger partial charge in [0.15, 0.2) is 5.96 Å². The van der Waals surface area contributed by atoms with Gasteiger partial charge in [-0.3, -0.25) is 9.79 Å². The van der Waals surface area contributed by atoms with Crippen LogP contribution in [0.5, 0.6) is 5.75 Å². The van der Waals surface area contributed by atoms with E-state index in [0.29, 0.717) is 42.5 Å². The van der Waals surface area contributed by atoms with Crippen molar-refractivity contribution >= 4 is 17.7 Å². The van der Waals surface area contributed by atoms with Crippen molar-refractivity contribution in [2.75, 3.05) is 31.6 Å².